The van der Waals surface area contributed by atoms with Crippen LogP contribution in [0.3, 0.4) is 0 Å². The van der Waals surface area contributed by atoms with Crippen molar-refractivity contribution < 1.29 is 9.18 Å². The third-order valence-electron chi connectivity index (χ3n) is 3.97. The maximum Gasteiger partial charge on any atom is 0.222 e. The van der Waals surface area contributed by atoms with Crippen LogP contribution in [0, 0.1) is 11.2 Å². The van der Waals surface area contributed by atoms with Gasteiger partial charge in [0, 0.05) is 12.5 Å². The van der Waals surface area contributed by atoms with Crippen molar-refractivity contribution in [3.8, 4) is 0 Å². The highest BCUT2D eigenvalue weighted by Crippen LogP contribution is 2.33. The van der Waals surface area contributed by atoms with Gasteiger partial charge in [0.1, 0.15) is 5.82 Å². The number of amides is 1. The van der Waals surface area contributed by atoms with Crippen LogP contribution in [0.15, 0.2) is 24.3 Å². The van der Waals surface area contributed by atoms with Crippen molar-refractivity contribution in [1.29, 1.82) is 0 Å². The monoisotopic (exact) mass is 328 g/mol. The summed E-state index contributed by atoms with van der Waals surface area (Å²) in [5.74, 6) is -0.202. The van der Waals surface area contributed by atoms with Gasteiger partial charge in [-0.15, -0.1) is 12.4 Å². The van der Waals surface area contributed by atoms with Crippen molar-refractivity contribution in [3.63, 3.8) is 0 Å². The average molecular weight is 329 g/mol. The average Bonchev–Trinajstić information content (AvgIpc) is 2.89. The number of rotatable bonds is 4. The molecule has 0 aliphatic carbocycles. The molecule has 1 fully saturated rings. The summed E-state index contributed by atoms with van der Waals surface area (Å²) in [6.07, 6.45) is 2.70. The Hall–Kier alpha value is -1.13. The highest BCUT2D eigenvalue weighted by molar-refractivity contribution is 5.85. The smallest absolute Gasteiger partial charge is 0.222 e. The number of carbonyl (C=O) groups excluding carboxylic acids is 1. The van der Waals surface area contributed by atoms with E-state index in [0.29, 0.717) is 12.5 Å². The van der Waals surface area contributed by atoms with Gasteiger partial charge in [-0.3, -0.25) is 4.79 Å². The van der Waals surface area contributed by atoms with Crippen molar-refractivity contribution in [1.82, 2.24) is 10.6 Å². The van der Waals surface area contributed by atoms with Gasteiger partial charge in [-0.05, 0) is 42.5 Å². The van der Waals surface area contributed by atoms with Crippen LogP contribution in [-0.2, 0) is 4.79 Å². The number of halogens is 2. The molecule has 3 nitrogen and oxygen atoms in total. The maximum atomic E-state index is 13.1. The van der Waals surface area contributed by atoms with E-state index in [9.17, 15) is 9.18 Å². The van der Waals surface area contributed by atoms with Crippen LogP contribution >= 0.6 is 12.4 Å². The molecule has 1 aromatic carbocycles. The number of hydrogen-bond donors (Lipinski definition) is 2. The van der Waals surface area contributed by atoms with E-state index >= 15 is 0 Å². The SMILES string of the molecule is CC(C)(C)C(NC(=O)CC1CCCN1)c1ccc(F)cc1.Cl. The largest absolute Gasteiger partial charge is 0.349 e. The van der Waals surface area contributed by atoms with E-state index < -0.39 is 0 Å². The van der Waals surface area contributed by atoms with Crippen molar-refractivity contribution in [2.24, 2.45) is 5.41 Å². The minimum Gasteiger partial charge on any atom is -0.349 e. The second-order valence-corrected chi connectivity index (χ2v) is 6.92. The van der Waals surface area contributed by atoms with Crippen LogP contribution in [-0.4, -0.2) is 18.5 Å². The summed E-state index contributed by atoms with van der Waals surface area (Å²) in [5.41, 5.74) is 0.813. The molecule has 0 aromatic heterocycles. The molecule has 1 aromatic rings. The zero-order chi connectivity index (χ0) is 15.5. The van der Waals surface area contributed by atoms with E-state index in [1.165, 1.54) is 12.1 Å². The molecular formula is C17H26ClFN2O. The van der Waals surface area contributed by atoms with Gasteiger partial charge in [-0.25, -0.2) is 4.39 Å². The minimum absolute atomic E-state index is 0. The first-order valence-corrected chi connectivity index (χ1v) is 7.64. The summed E-state index contributed by atoms with van der Waals surface area (Å²) in [7, 11) is 0. The fourth-order valence-electron chi connectivity index (χ4n) is 2.83. The number of carbonyl (C=O) groups is 1. The molecule has 1 heterocycles. The predicted octanol–water partition coefficient (Wildman–Crippen LogP) is 3.59. The van der Waals surface area contributed by atoms with E-state index in [-0.39, 0.29) is 35.6 Å². The van der Waals surface area contributed by atoms with Gasteiger partial charge in [-0.1, -0.05) is 32.9 Å². The normalized spacial score (nSPS) is 19.4. The van der Waals surface area contributed by atoms with Gasteiger partial charge < -0.3 is 10.6 Å². The first-order valence-electron chi connectivity index (χ1n) is 7.64. The zero-order valence-corrected chi connectivity index (χ0v) is 14.3. The molecule has 2 N–H and O–H groups in total. The summed E-state index contributed by atoms with van der Waals surface area (Å²) < 4.78 is 13.1. The minimum atomic E-state index is -0.257. The quantitative estimate of drug-likeness (QED) is 0.886. The molecule has 0 spiro atoms. The van der Waals surface area contributed by atoms with Crippen LogP contribution in [0.5, 0.6) is 0 Å². The summed E-state index contributed by atoms with van der Waals surface area (Å²) in [4.78, 5) is 12.3. The van der Waals surface area contributed by atoms with Gasteiger partial charge in [0.2, 0.25) is 5.91 Å². The molecule has 1 aliphatic rings. The standard InChI is InChI=1S/C17H25FN2O.ClH/c1-17(2,3)16(12-6-8-13(18)9-7-12)20-15(21)11-14-5-4-10-19-14;/h6-9,14,16,19H,4-5,10-11H2,1-3H3,(H,20,21);1H. The summed E-state index contributed by atoms with van der Waals surface area (Å²) in [6, 6.07) is 6.56. The Morgan fingerprint density at radius 3 is 2.50 bits per heavy atom. The molecule has 2 unspecified atom stereocenters. The van der Waals surface area contributed by atoms with E-state index in [4.69, 9.17) is 0 Å². The Bertz CT molecular complexity index is 478. The predicted molar refractivity (Wildman–Crippen MR) is 89.6 cm³/mol. The third kappa shape index (κ3) is 5.25. The Morgan fingerprint density at radius 1 is 1.36 bits per heavy atom. The van der Waals surface area contributed by atoms with E-state index in [1.807, 2.05) is 0 Å². The lowest BCUT2D eigenvalue weighted by Crippen LogP contribution is -2.39. The molecule has 0 bridgehead atoms. The molecule has 0 saturated carbocycles. The van der Waals surface area contributed by atoms with Crippen LogP contribution in [0.25, 0.3) is 0 Å². The molecule has 2 rings (SSSR count). The topological polar surface area (TPSA) is 41.1 Å². The maximum absolute atomic E-state index is 13.1. The first-order chi connectivity index (χ1) is 9.86. The molecule has 22 heavy (non-hydrogen) atoms. The van der Waals surface area contributed by atoms with Gasteiger partial charge in [0.05, 0.1) is 6.04 Å². The van der Waals surface area contributed by atoms with Gasteiger partial charge in [-0.2, -0.15) is 0 Å². The number of hydrogen-bond acceptors (Lipinski definition) is 2. The summed E-state index contributed by atoms with van der Waals surface area (Å²) in [5, 5.41) is 6.45. The molecule has 124 valence electrons. The number of benzene rings is 1. The highest BCUT2D eigenvalue weighted by atomic mass is 35.5. The lowest BCUT2D eigenvalue weighted by Gasteiger charge is -2.32. The van der Waals surface area contributed by atoms with Crippen molar-refractivity contribution in [2.75, 3.05) is 6.54 Å². The van der Waals surface area contributed by atoms with Gasteiger partial charge in [0.25, 0.3) is 0 Å². The Kier molecular flexibility index (Phi) is 6.82. The molecule has 5 heteroatoms. The summed E-state index contributed by atoms with van der Waals surface area (Å²) in [6.45, 7) is 7.23. The Labute approximate surface area is 138 Å². The van der Waals surface area contributed by atoms with Gasteiger partial charge >= 0.3 is 0 Å². The molecule has 0 radical (unpaired) electrons. The second-order valence-electron chi connectivity index (χ2n) is 6.92. The fourth-order valence-corrected chi connectivity index (χ4v) is 2.83. The van der Waals surface area contributed by atoms with Crippen molar-refractivity contribution >= 4 is 18.3 Å². The third-order valence-corrected chi connectivity index (χ3v) is 3.97. The lowest BCUT2D eigenvalue weighted by molar-refractivity contribution is -0.123. The van der Waals surface area contributed by atoms with E-state index in [2.05, 4.69) is 31.4 Å². The number of nitrogens with one attached hydrogen (secondary N) is 2. The molecule has 2 atom stereocenters. The lowest BCUT2D eigenvalue weighted by atomic mass is 9.82. The van der Waals surface area contributed by atoms with Crippen LogP contribution in [0.4, 0.5) is 4.39 Å². The van der Waals surface area contributed by atoms with E-state index in [1.54, 1.807) is 12.1 Å². The van der Waals surface area contributed by atoms with Crippen LogP contribution in [0.1, 0.15) is 51.6 Å². The summed E-state index contributed by atoms with van der Waals surface area (Å²) >= 11 is 0. The molecule has 1 aliphatic heterocycles. The highest BCUT2D eigenvalue weighted by Gasteiger charge is 2.29. The zero-order valence-electron chi connectivity index (χ0n) is 13.5. The molecular weight excluding hydrogens is 303 g/mol. The fraction of sp³-hybridized carbons (Fsp3) is 0.588. The van der Waals surface area contributed by atoms with E-state index in [0.717, 1.165) is 24.9 Å². The van der Waals surface area contributed by atoms with Crippen LogP contribution < -0.4 is 10.6 Å². The molecule has 1 saturated heterocycles. The Morgan fingerprint density at radius 2 is 2.00 bits per heavy atom. The first kappa shape index (κ1) is 18.9. The van der Waals surface area contributed by atoms with Crippen molar-refractivity contribution in [3.05, 3.63) is 35.6 Å². The molecule has 1 amide bonds. The van der Waals surface area contributed by atoms with Gasteiger partial charge in [0.15, 0.2) is 0 Å². The second kappa shape index (κ2) is 7.93. The Balaban J connectivity index is 0.00000242. The van der Waals surface area contributed by atoms with Crippen molar-refractivity contribution in [2.45, 2.75) is 52.1 Å². The van der Waals surface area contributed by atoms with Crippen LogP contribution in [0.2, 0.25) is 0 Å².